The molecular formula is C20H24. The fraction of sp³-hybridized carbons (Fsp3) is 0.250. The van der Waals surface area contributed by atoms with Crippen LogP contribution in [0, 0.1) is 5.92 Å². The van der Waals surface area contributed by atoms with Gasteiger partial charge in [0.1, 0.15) is 0 Å². The van der Waals surface area contributed by atoms with Crippen LogP contribution < -0.4 is 0 Å². The Morgan fingerprint density at radius 1 is 1.35 bits per heavy atom. The Balaban J connectivity index is 2.65. The van der Waals surface area contributed by atoms with Gasteiger partial charge in [-0.3, -0.25) is 0 Å². The van der Waals surface area contributed by atoms with Crippen LogP contribution in [0.2, 0.25) is 0 Å². The summed E-state index contributed by atoms with van der Waals surface area (Å²) in [6.07, 6.45) is 20.8. The van der Waals surface area contributed by atoms with Gasteiger partial charge in [-0.15, -0.1) is 5.73 Å². The summed E-state index contributed by atoms with van der Waals surface area (Å²) < 4.78 is 0. The highest BCUT2D eigenvalue weighted by Crippen LogP contribution is 2.20. The molecule has 0 aromatic rings. The summed E-state index contributed by atoms with van der Waals surface area (Å²) >= 11 is 0. The first-order valence-corrected chi connectivity index (χ1v) is 7.08. The molecule has 0 N–H and O–H groups in total. The minimum Gasteiger partial charge on any atom is -0.125 e. The Hall–Kier alpha value is -2.04. The van der Waals surface area contributed by atoms with Crippen molar-refractivity contribution >= 4 is 0 Å². The Morgan fingerprint density at radius 2 is 2.15 bits per heavy atom. The molecule has 0 spiro atoms. The fourth-order valence-electron chi connectivity index (χ4n) is 1.99. The predicted molar refractivity (Wildman–Crippen MR) is 90.5 cm³/mol. The van der Waals surface area contributed by atoms with E-state index in [1.54, 1.807) is 6.08 Å². The molecule has 0 heteroatoms. The van der Waals surface area contributed by atoms with E-state index in [4.69, 9.17) is 0 Å². The van der Waals surface area contributed by atoms with Crippen molar-refractivity contribution in [2.75, 3.05) is 0 Å². The van der Waals surface area contributed by atoms with Crippen molar-refractivity contribution < 1.29 is 0 Å². The second kappa shape index (κ2) is 8.96. The maximum Gasteiger partial charge on any atom is -0.00341 e. The molecule has 1 rings (SSSR count). The van der Waals surface area contributed by atoms with Crippen LogP contribution in [0.3, 0.4) is 0 Å². The zero-order valence-electron chi connectivity index (χ0n) is 12.6. The van der Waals surface area contributed by atoms with E-state index in [1.807, 2.05) is 12.2 Å². The molecule has 1 aliphatic carbocycles. The van der Waals surface area contributed by atoms with Crippen LogP contribution in [0.4, 0.5) is 0 Å². The van der Waals surface area contributed by atoms with Crippen molar-refractivity contribution in [1.82, 2.24) is 0 Å². The number of allylic oxidation sites excluding steroid dienone is 12. The number of rotatable bonds is 6. The quantitative estimate of drug-likeness (QED) is 0.416. The average molecular weight is 264 g/mol. The van der Waals surface area contributed by atoms with Gasteiger partial charge in [0, 0.05) is 0 Å². The summed E-state index contributed by atoms with van der Waals surface area (Å²) in [5.74, 6) is 0.517. The van der Waals surface area contributed by atoms with E-state index in [-0.39, 0.29) is 0 Å². The minimum atomic E-state index is 0.517. The SMILES string of the molecule is C=C=C(CCC1=CC=CC(C)C=C1)C(C)=CC=CC=C. The van der Waals surface area contributed by atoms with Crippen LogP contribution in [0.15, 0.2) is 90.3 Å². The third kappa shape index (κ3) is 5.73. The third-order valence-electron chi connectivity index (χ3n) is 3.29. The van der Waals surface area contributed by atoms with E-state index < -0.39 is 0 Å². The van der Waals surface area contributed by atoms with Gasteiger partial charge in [0.25, 0.3) is 0 Å². The predicted octanol–water partition coefficient (Wildman–Crippen LogP) is 5.85. The van der Waals surface area contributed by atoms with E-state index >= 15 is 0 Å². The highest BCUT2D eigenvalue weighted by Gasteiger charge is 2.02. The van der Waals surface area contributed by atoms with Crippen molar-refractivity contribution in [1.29, 1.82) is 0 Å². The molecule has 0 aromatic heterocycles. The third-order valence-corrected chi connectivity index (χ3v) is 3.29. The van der Waals surface area contributed by atoms with E-state index in [2.05, 4.69) is 69.2 Å². The first-order valence-electron chi connectivity index (χ1n) is 7.08. The van der Waals surface area contributed by atoms with Crippen molar-refractivity contribution in [3.63, 3.8) is 0 Å². The van der Waals surface area contributed by atoms with Gasteiger partial charge in [0.05, 0.1) is 0 Å². The number of hydrogen-bond donors (Lipinski definition) is 0. The summed E-state index contributed by atoms with van der Waals surface area (Å²) in [4.78, 5) is 0. The summed E-state index contributed by atoms with van der Waals surface area (Å²) in [5, 5.41) is 0. The summed E-state index contributed by atoms with van der Waals surface area (Å²) in [7, 11) is 0. The van der Waals surface area contributed by atoms with Crippen molar-refractivity contribution in [2.45, 2.75) is 26.7 Å². The summed E-state index contributed by atoms with van der Waals surface area (Å²) in [6.45, 7) is 11.8. The van der Waals surface area contributed by atoms with Crippen molar-refractivity contribution in [3.05, 3.63) is 90.3 Å². The lowest BCUT2D eigenvalue weighted by Gasteiger charge is -2.06. The van der Waals surface area contributed by atoms with Gasteiger partial charge in [-0.05, 0) is 42.4 Å². The lowest BCUT2D eigenvalue weighted by atomic mass is 9.99. The van der Waals surface area contributed by atoms with E-state index in [1.165, 1.54) is 16.7 Å². The topological polar surface area (TPSA) is 0 Å². The molecule has 0 heterocycles. The number of hydrogen-bond acceptors (Lipinski definition) is 0. The van der Waals surface area contributed by atoms with E-state index in [9.17, 15) is 0 Å². The molecule has 0 nitrogen and oxygen atoms in total. The van der Waals surface area contributed by atoms with E-state index in [0.717, 1.165) is 12.8 Å². The molecule has 0 saturated carbocycles. The zero-order chi connectivity index (χ0) is 14.8. The molecule has 0 aliphatic heterocycles. The molecular weight excluding hydrogens is 240 g/mol. The fourth-order valence-corrected chi connectivity index (χ4v) is 1.99. The monoisotopic (exact) mass is 264 g/mol. The van der Waals surface area contributed by atoms with Gasteiger partial charge in [-0.25, -0.2) is 0 Å². The molecule has 0 saturated heterocycles. The summed E-state index contributed by atoms with van der Waals surface area (Å²) in [5.41, 5.74) is 6.80. The molecule has 0 amide bonds. The zero-order valence-corrected chi connectivity index (χ0v) is 12.6. The lowest BCUT2D eigenvalue weighted by Crippen LogP contribution is -1.87. The molecule has 104 valence electrons. The van der Waals surface area contributed by atoms with Gasteiger partial charge in [0.2, 0.25) is 0 Å². The van der Waals surface area contributed by atoms with Crippen LogP contribution in [0.1, 0.15) is 26.7 Å². The highest BCUT2D eigenvalue weighted by atomic mass is 14.1. The average Bonchev–Trinajstić information content (AvgIpc) is 2.65. The largest absolute Gasteiger partial charge is 0.125 e. The first kappa shape index (κ1) is 16.0. The van der Waals surface area contributed by atoms with Crippen LogP contribution in [0.25, 0.3) is 0 Å². The Kier molecular flexibility index (Phi) is 7.17. The normalized spacial score (nSPS) is 18.6. The van der Waals surface area contributed by atoms with Gasteiger partial charge >= 0.3 is 0 Å². The molecule has 1 aliphatic rings. The Bertz CT molecular complexity index is 526. The maximum absolute atomic E-state index is 3.81. The molecule has 1 atom stereocenters. The molecule has 0 fully saturated rings. The molecule has 20 heavy (non-hydrogen) atoms. The Labute approximate surface area is 123 Å². The standard InChI is InChI=1S/C20H24/c1-5-7-8-11-18(4)20(6-2)16-15-19-12-9-10-17(3)13-14-19/h5,7-14,17H,1-2,15-16H2,3-4H3. The van der Waals surface area contributed by atoms with Crippen LogP contribution >= 0.6 is 0 Å². The molecule has 1 unspecified atom stereocenters. The van der Waals surface area contributed by atoms with Gasteiger partial charge in [-0.2, -0.15) is 0 Å². The van der Waals surface area contributed by atoms with E-state index in [0.29, 0.717) is 5.92 Å². The molecule has 0 bridgehead atoms. The second-order valence-corrected chi connectivity index (χ2v) is 4.97. The van der Waals surface area contributed by atoms with Gasteiger partial charge in [0.15, 0.2) is 0 Å². The van der Waals surface area contributed by atoms with Crippen molar-refractivity contribution in [3.8, 4) is 0 Å². The van der Waals surface area contributed by atoms with Crippen LogP contribution in [0.5, 0.6) is 0 Å². The molecule has 0 aromatic carbocycles. The second-order valence-electron chi connectivity index (χ2n) is 4.97. The van der Waals surface area contributed by atoms with Crippen LogP contribution in [-0.4, -0.2) is 0 Å². The minimum absolute atomic E-state index is 0.517. The maximum atomic E-state index is 3.81. The first-order chi connectivity index (χ1) is 9.67. The Morgan fingerprint density at radius 3 is 2.85 bits per heavy atom. The highest BCUT2D eigenvalue weighted by molar-refractivity contribution is 5.34. The van der Waals surface area contributed by atoms with Crippen molar-refractivity contribution in [2.24, 2.45) is 5.92 Å². The van der Waals surface area contributed by atoms with Gasteiger partial charge < -0.3 is 0 Å². The van der Waals surface area contributed by atoms with Gasteiger partial charge in [-0.1, -0.05) is 74.8 Å². The van der Waals surface area contributed by atoms with Crippen LogP contribution in [-0.2, 0) is 0 Å². The molecule has 0 radical (unpaired) electrons. The lowest BCUT2D eigenvalue weighted by molar-refractivity contribution is 0.930. The summed E-state index contributed by atoms with van der Waals surface area (Å²) in [6, 6.07) is 0. The smallest absolute Gasteiger partial charge is 0.00341 e.